The number of benzene rings is 2. The fraction of sp³-hybridized carbons (Fsp3) is 0.500. The number of aromatic nitrogens is 1. The van der Waals surface area contributed by atoms with Crippen molar-refractivity contribution in [2.75, 3.05) is 43.9 Å². The van der Waals surface area contributed by atoms with Crippen LogP contribution in [0.1, 0.15) is 50.8 Å². The van der Waals surface area contributed by atoms with Crippen molar-refractivity contribution in [3.05, 3.63) is 59.2 Å². The van der Waals surface area contributed by atoms with E-state index in [-0.39, 0.29) is 5.41 Å². The number of carbonyl (C=O) groups excluding carboxylic acids is 1. The predicted molar refractivity (Wildman–Crippen MR) is 146 cm³/mol. The molecule has 1 aliphatic heterocycles. The molecule has 2 aromatic carbocycles. The van der Waals surface area contributed by atoms with Gasteiger partial charge in [-0.05, 0) is 75.9 Å². The van der Waals surface area contributed by atoms with Gasteiger partial charge in [-0.2, -0.15) is 8.42 Å². The van der Waals surface area contributed by atoms with Crippen LogP contribution in [-0.4, -0.2) is 67.8 Å². The summed E-state index contributed by atoms with van der Waals surface area (Å²) < 4.78 is 31.5. The van der Waals surface area contributed by atoms with Crippen LogP contribution in [0, 0.1) is 0 Å². The van der Waals surface area contributed by atoms with E-state index in [0.29, 0.717) is 12.0 Å². The first kappa shape index (κ1) is 27.3. The van der Waals surface area contributed by atoms with Gasteiger partial charge in [0.15, 0.2) is 5.78 Å². The standard InChI is InChI=1S/C27H33N3O2.CH4O3S/c1-26(2)21-12-11-19(18-22(21)27(3,4)25(26)31)8-7-13-29-14-16-30(17-15-29)24-20-9-5-6-10-23(20)28-32-24;1-5(2,3)4/h5-6,9-12,18H,7-8,13-17H2,1-4H3;1H3,(H,2,3,4). The Morgan fingerprint density at radius 1 is 0.973 bits per heavy atom. The fourth-order valence-electron chi connectivity index (χ4n) is 5.62. The molecule has 5 rings (SSSR count). The number of fused-ring (bicyclic) bond motifs is 2. The van der Waals surface area contributed by atoms with Gasteiger partial charge in [0.05, 0.1) is 11.6 Å². The Morgan fingerprint density at radius 2 is 1.59 bits per heavy atom. The first-order valence-corrected chi connectivity index (χ1v) is 14.6. The molecule has 0 amide bonds. The summed E-state index contributed by atoms with van der Waals surface area (Å²) in [5.41, 5.74) is 3.91. The Labute approximate surface area is 219 Å². The molecule has 1 aliphatic carbocycles. The van der Waals surface area contributed by atoms with Crippen LogP contribution in [0.25, 0.3) is 10.9 Å². The molecule has 1 aromatic heterocycles. The van der Waals surface area contributed by atoms with Crippen molar-refractivity contribution in [1.82, 2.24) is 10.1 Å². The van der Waals surface area contributed by atoms with Crippen LogP contribution in [0.4, 0.5) is 5.88 Å². The number of hydrogen-bond acceptors (Lipinski definition) is 7. The smallest absolute Gasteiger partial charge is 0.261 e. The highest BCUT2D eigenvalue weighted by atomic mass is 32.2. The van der Waals surface area contributed by atoms with Crippen molar-refractivity contribution in [2.24, 2.45) is 0 Å². The molecule has 0 atom stereocenters. The predicted octanol–water partition coefficient (Wildman–Crippen LogP) is 4.22. The monoisotopic (exact) mass is 527 g/mol. The summed E-state index contributed by atoms with van der Waals surface area (Å²) in [5.74, 6) is 1.23. The van der Waals surface area contributed by atoms with E-state index in [1.807, 2.05) is 18.2 Å². The maximum Gasteiger partial charge on any atom is 0.261 e. The summed E-state index contributed by atoms with van der Waals surface area (Å²) in [6.45, 7) is 13.4. The molecule has 2 aliphatic rings. The van der Waals surface area contributed by atoms with E-state index in [4.69, 9.17) is 9.08 Å². The maximum absolute atomic E-state index is 12.9. The molecule has 0 unspecified atom stereocenters. The second-order valence-electron chi connectivity index (χ2n) is 11.1. The quantitative estimate of drug-likeness (QED) is 0.492. The van der Waals surface area contributed by atoms with E-state index in [1.54, 1.807) is 0 Å². The summed E-state index contributed by atoms with van der Waals surface area (Å²) >= 11 is 0. The van der Waals surface area contributed by atoms with Crippen LogP contribution in [-0.2, 0) is 32.2 Å². The van der Waals surface area contributed by atoms with Crippen molar-refractivity contribution < 1.29 is 22.3 Å². The average Bonchev–Trinajstić information content (AvgIpc) is 3.31. The largest absolute Gasteiger partial charge is 0.338 e. The van der Waals surface area contributed by atoms with Gasteiger partial charge in [0, 0.05) is 37.0 Å². The van der Waals surface area contributed by atoms with Gasteiger partial charge in [0.2, 0.25) is 5.88 Å². The first-order valence-electron chi connectivity index (χ1n) is 12.7. The van der Waals surface area contributed by atoms with Crippen LogP contribution in [0.5, 0.6) is 0 Å². The molecule has 0 bridgehead atoms. The lowest BCUT2D eigenvalue weighted by atomic mass is 9.80. The van der Waals surface area contributed by atoms with Crippen LogP contribution < -0.4 is 4.90 Å². The molecule has 2 heterocycles. The van der Waals surface area contributed by atoms with E-state index in [1.165, 1.54) is 16.7 Å². The minimum atomic E-state index is -3.67. The highest BCUT2D eigenvalue weighted by molar-refractivity contribution is 7.85. The third kappa shape index (κ3) is 5.89. The van der Waals surface area contributed by atoms with Gasteiger partial charge in [-0.1, -0.05) is 35.5 Å². The van der Waals surface area contributed by atoms with Crippen molar-refractivity contribution in [3.8, 4) is 0 Å². The maximum atomic E-state index is 12.9. The van der Waals surface area contributed by atoms with Gasteiger partial charge in [-0.15, -0.1) is 0 Å². The number of rotatable bonds is 5. The number of hydrogen-bond donors (Lipinski definition) is 1. The van der Waals surface area contributed by atoms with Crippen LogP contribution >= 0.6 is 0 Å². The lowest BCUT2D eigenvalue weighted by Gasteiger charge is -2.34. The number of piperazine rings is 1. The molecular formula is C28H37N3O5S. The molecule has 200 valence electrons. The normalized spacial score (nSPS) is 19.0. The van der Waals surface area contributed by atoms with Crippen LogP contribution in [0.2, 0.25) is 0 Å². The number of carbonyl (C=O) groups is 1. The molecule has 1 saturated heterocycles. The lowest BCUT2D eigenvalue weighted by Crippen LogP contribution is -2.46. The Kier molecular flexibility index (Phi) is 7.52. The minimum absolute atomic E-state index is 0.328. The van der Waals surface area contributed by atoms with Crippen molar-refractivity contribution in [3.63, 3.8) is 0 Å². The van der Waals surface area contributed by atoms with Crippen LogP contribution in [0.3, 0.4) is 0 Å². The van der Waals surface area contributed by atoms with Gasteiger partial charge in [0.25, 0.3) is 10.1 Å². The SMILES string of the molecule is CC1(C)C(=O)C(C)(C)c2cc(CCCN3CCN(c4onc5ccccc45)CC3)ccc21.CS(=O)(=O)O. The van der Waals surface area contributed by atoms with Crippen LogP contribution in [0.15, 0.2) is 47.0 Å². The minimum Gasteiger partial charge on any atom is -0.338 e. The van der Waals surface area contributed by atoms with E-state index < -0.39 is 15.5 Å². The van der Waals surface area contributed by atoms with Gasteiger partial charge in [0.1, 0.15) is 5.52 Å². The topological polar surface area (TPSA) is 104 Å². The molecule has 0 spiro atoms. The molecule has 37 heavy (non-hydrogen) atoms. The lowest BCUT2D eigenvalue weighted by molar-refractivity contribution is -0.126. The van der Waals surface area contributed by atoms with Crippen molar-refractivity contribution >= 4 is 32.7 Å². The average molecular weight is 528 g/mol. The highest BCUT2D eigenvalue weighted by Gasteiger charge is 2.50. The summed E-state index contributed by atoms with van der Waals surface area (Å²) in [5, 5.41) is 5.29. The Morgan fingerprint density at radius 3 is 2.27 bits per heavy atom. The van der Waals surface area contributed by atoms with Gasteiger partial charge in [-0.25, -0.2) is 0 Å². The number of nitrogens with zero attached hydrogens (tertiary/aromatic N) is 3. The molecule has 9 heteroatoms. The van der Waals surface area contributed by atoms with Gasteiger partial charge in [-0.3, -0.25) is 14.2 Å². The molecule has 1 fully saturated rings. The number of aryl methyl sites for hydroxylation is 1. The molecule has 1 N–H and O–H groups in total. The fourth-order valence-corrected chi connectivity index (χ4v) is 5.62. The van der Waals surface area contributed by atoms with Gasteiger partial charge >= 0.3 is 0 Å². The summed E-state index contributed by atoms with van der Waals surface area (Å²) in [6.07, 6.45) is 2.89. The summed E-state index contributed by atoms with van der Waals surface area (Å²) in [4.78, 5) is 17.8. The highest BCUT2D eigenvalue weighted by Crippen LogP contribution is 2.46. The van der Waals surface area contributed by atoms with E-state index >= 15 is 0 Å². The summed E-state index contributed by atoms with van der Waals surface area (Å²) in [7, 11) is -3.67. The Balaban J connectivity index is 0.000000586. The van der Waals surface area contributed by atoms with E-state index in [0.717, 1.165) is 62.4 Å². The molecule has 0 saturated carbocycles. The molecule has 8 nitrogen and oxygen atoms in total. The van der Waals surface area contributed by atoms with Crippen molar-refractivity contribution in [1.29, 1.82) is 0 Å². The van der Waals surface area contributed by atoms with Gasteiger partial charge < -0.3 is 9.42 Å². The number of Topliss-reactive ketones (excluding diaryl/α,β-unsaturated/α-hetero) is 1. The Bertz CT molecular complexity index is 1380. The third-order valence-corrected chi connectivity index (χ3v) is 7.53. The zero-order chi connectivity index (χ0) is 27.0. The molecule has 0 radical (unpaired) electrons. The third-order valence-electron chi connectivity index (χ3n) is 7.53. The van der Waals surface area contributed by atoms with E-state index in [9.17, 15) is 13.2 Å². The number of ketones is 1. The first-order chi connectivity index (χ1) is 17.3. The molecule has 3 aromatic rings. The molecular weight excluding hydrogens is 490 g/mol. The zero-order valence-electron chi connectivity index (χ0n) is 22.3. The summed E-state index contributed by atoms with van der Waals surface area (Å²) in [6, 6.07) is 14.8. The second kappa shape index (κ2) is 10.2. The Hall–Kier alpha value is -2.75. The zero-order valence-corrected chi connectivity index (χ0v) is 23.1. The number of anilines is 1. The van der Waals surface area contributed by atoms with Crippen molar-refractivity contribution in [2.45, 2.75) is 51.4 Å². The second-order valence-corrected chi connectivity index (χ2v) is 12.6. The van der Waals surface area contributed by atoms with E-state index in [2.05, 4.69) is 66.9 Å².